The largest absolute Gasteiger partial charge is 0.384 e. The van der Waals surface area contributed by atoms with Crippen LogP contribution in [-0.2, 0) is 21.2 Å². The van der Waals surface area contributed by atoms with Gasteiger partial charge in [0.15, 0.2) is 0 Å². The number of hydrogen-bond donors (Lipinski definition) is 2. The molecule has 0 fully saturated rings. The van der Waals surface area contributed by atoms with E-state index in [1.54, 1.807) is 6.92 Å². The van der Waals surface area contributed by atoms with Crippen molar-refractivity contribution < 1.29 is 13.2 Å². The second-order valence-corrected chi connectivity index (χ2v) is 6.57. The van der Waals surface area contributed by atoms with E-state index in [2.05, 4.69) is 10.0 Å². The Morgan fingerprint density at radius 1 is 1.42 bits per heavy atom. The predicted molar refractivity (Wildman–Crippen MR) is 74.3 cm³/mol. The summed E-state index contributed by atoms with van der Waals surface area (Å²) in [7, 11) is -3.48. The monoisotopic (exact) mass is 282 g/mol. The average Bonchev–Trinajstić information content (AvgIpc) is 2.37. The summed E-state index contributed by atoms with van der Waals surface area (Å²) in [6.45, 7) is 2.23. The van der Waals surface area contributed by atoms with Crippen LogP contribution in [0.3, 0.4) is 0 Å². The standard InChI is InChI=1S/C13H18N2O3S/c1-2-7-19(17,18)15-13(16)11-8-10-5-3-4-6-12(10)14-9-11/h3-6,11,14H,2,7-9H2,1H3,(H,15,16). The van der Waals surface area contributed by atoms with Gasteiger partial charge in [0.2, 0.25) is 15.9 Å². The summed E-state index contributed by atoms with van der Waals surface area (Å²) in [6.07, 6.45) is 1.06. The molecule has 0 saturated carbocycles. The Morgan fingerprint density at radius 2 is 2.16 bits per heavy atom. The molecule has 0 bridgehead atoms. The predicted octanol–water partition coefficient (Wildman–Crippen LogP) is 1.13. The number of fused-ring (bicyclic) bond motifs is 1. The minimum Gasteiger partial charge on any atom is -0.384 e. The van der Waals surface area contributed by atoms with Crippen LogP contribution in [0, 0.1) is 5.92 Å². The molecule has 104 valence electrons. The first-order valence-corrected chi connectivity index (χ1v) is 8.03. The maximum Gasteiger partial charge on any atom is 0.238 e. The summed E-state index contributed by atoms with van der Waals surface area (Å²) in [5, 5.41) is 3.16. The van der Waals surface area contributed by atoms with E-state index in [0.29, 0.717) is 19.4 Å². The maximum absolute atomic E-state index is 12.0. The molecular weight excluding hydrogens is 264 g/mol. The summed E-state index contributed by atoms with van der Waals surface area (Å²) >= 11 is 0. The second-order valence-electron chi connectivity index (χ2n) is 4.72. The lowest BCUT2D eigenvalue weighted by Gasteiger charge is -2.25. The van der Waals surface area contributed by atoms with Crippen molar-refractivity contribution in [3.8, 4) is 0 Å². The lowest BCUT2D eigenvalue weighted by Crippen LogP contribution is -2.41. The SMILES string of the molecule is CCCS(=O)(=O)NC(=O)C1CNc2ccccc2C1. The van der Waals surface area contributed by atoms with Crippen LogP contribution in [0.5, 0.6) is 0 Å². The number of hydrogen-bond acceptors (Lipinski definition) is 4. The molecule has 1 aliphatic heterocycles. The zero-order valence-electron chi connectivity index (χ0n) is 10.8. The van der Waals surface area contributed by atoms with E-state index in [-0.39, 0.29) is 11.7 Å². The number of amides is 1. The van der Waals surface area contributed by atoms with E-state index >= 15 is 0 Å². The maximum atomic E-state index is 12.0. The molecule has 1 aromatic carbocycles. The fourth-order valence-electron chi connectivity index (χ4n) is 2.18. The second kappa shape index (κ2) is 5.61. The number of nitrogens with one attached hydrogen (secondary N) is 2. The van der Waals surface area contributed by atoms with Gasteiger partial charge >= 0.3 is 0 Å². The van der Waals surface area contributed by atoms with Crippen molar-refractivity contribution in [1.82, 2.24) is 4.72 Å². The number of carbonyl (C=O) groups is 1. The molecule has 1 heterocycles. The van der Waals surface area contributed by atoms with E-state index in [4.69, 9.17) is 0 Å². The minimum atomic E-state index is -3.48. The van der Waals surface area contributed by atoms with E-state index in [9.17, 15) is 13.2 Å². The van der Waals surface area contributed by atoms with Gasteiger partial charge in [-0.05, 0) is 24.5 Å². The zero-order chi connectivity index (χ0) is 13.9. The van der Waals surface area contributed by atoms with Crippen LogP contribution < -0.4 is 10.0 Å². The Labute approximate surface area is 113 Å². The fraction of sp³-hybridized carbons (Fsp3) is 0.462. The highest BCUT2D eigenvalue weighted by Crippen LogP contribution is 2.24. The lowest BCUT2D eigenvalue weighted by atomic mass is 9.94. The van der Waals surface area contributed by atoms with Crippen molar-refractivity contribution in [3.05, 3.63) is 29.8 Å². The summed E-state index contributed by atoms with van der Waals surface area (Å²) in [5.74, 6) is -0.785. The third-order valence-electron chi connectivity index (χ3n) is 3.12. The number of sulfonamides is 1. The molecule has 0 spiro atoms. The molecule has 1 aliphatic rings. The van der Waals surface area contributed by atoms with Gasteiger partial charge in [-0.3, -0.25) is 9.52 Å². The fourth-order valence-corrected chi connectivity index (χ4v) is 3.30. The first-order valence-electron chi connectivity index (χ1n) is 6.38. The summed E-state index contributed by atoms with van der Waals surface area (Å²) < 4.78 is 25.3. The Kier molecular flexibility index (Phi) is 4.09. The van der Waals surface area contributed by atoms with E-state index < -0.39 is 15.9 Å². The molecule has 2 rings (SSSR count). The smallest absolute Gasteiger partial charge is 0.238 e. The van der Waals surface area contributed by atoms with Crippen molar-refractivity contribution in [2.75, 3.05) is 17.6 Å². The Hall–Kier alpha value is -1.56. The topological polar surface area (TPSA) is 75.3 Å². The number of benzene rings is 1. The van der Waals surface area contributed by atoms with Crippen LogP contribution in [0.2, 0.25) is 0 Å². The highest BCUT2D eigenvalue weighted by Gasteiger charge is 2.26. The van der Waals surface area contributed by atoms with Gasteiger partial charge in [0, 0.05) is 12.2 Å². The van der Waals surface area contributed by atoms with Crippen LogP contribution >= 0.6 is 0 Å². The molecule has 1 atom stereocenters. The summed E-state index contributed by atoms with van der Waals surface area (Å²) in [4.78, 5) is 12.0. The quantitative estimate of drug-likeness (QED) is 0.868. The third kappa shape index (κ3) is 3.47. The van der Waals surface area contributed by atoms with Gasteiger partial charge in [-0.25, -0.2) is 8.42 Å². The molecule has 1 aromatic rings. The first-order chi connectivity index (χ1) is 9.02. The van der Waals surface area contributed by atoms with E-state index in [1.165, 1.54) is 0 Å². The Bertz CT molecular complexity index is 569. The van der Waals surface area contributed by atoms with Crippen molar-refractivity contribution in [3.63, 3.8) is 0 Å². The average molecular weight is 282 g/mol. The lowest BCUT2D eigenvalue weighted by molar-refractivity contribution is -0.122. The zero-order valence-corrected chi connectivity index (χ0v) is 11.7. The first kappa shape index (κ1) is 13.9. The van der Waals surface area contributed by atoms with Crippen LogP contribution in [0.25, 0.3) is 0 Å². The van der Waals surface area contributed by atoms with E-state index in [1.807, 2.05) is 24.3 Å². The van der Waals surface area contributed by atoms with Gasteiger partial charge in [0.1, 0.15) is 0 Å². The van der Waals surface area contributed by atoms with Crippen molar-refractivity contribution in [2.24, 2.45) is 5.92 Å². The minimum absolute atomic E-state index is 0.0184. The molecule has 2 N–H and O–H groups in total. The number of carbonyl (C=O) groups excluding carboxylic acids is 1. The Balaban J connectivity index is 2.03. The molecule has 1 unspecified atom stereocenters. The Morgan fingerprint density at radius 3 is 2.89 bits per heavy atom. The van der Waals surface area contributed by atoms with Crippen LogP contribution in [0.4, 0.5) is 5.69 Å². The summed E-state index contributed by atoms with van der Waals surface area (Å²) in [6, 6.07) is 7.74. The molecule has 0 saturated heterocycles. The van der Waals surface area contributed by atoms with E-state index in [0.717, 1.165) is 11.3 Å². The highest BCUT2D eigenvalue weighted by atomic mass is 32.2. The van der Waals surface area contributed by atoms with Gasteiger partial charge in [0.05, 0.1) is 11.7 Å². The molecule has 6 heteroatoms. The van der Waals surface area contributed by atoms with Gasteiger partial charge in [-0.15, -0.1) is 0 Å². The molecule has 0 aliphatic carbocycles. The van der Waals surface area contributed by atoms with Crippen LogP contribution in [-0.4, -0.2) is 26.6 Å². The van der Waals surface area contributed by atoms with Gasteiger partial charge < -0.3 is 5.32 Å². The molecule has 0 aromatic heterocycles. The van der Waals surface area contributed by atoms with Crippen molar-refractivity contribution in [1.29, 1.82) is 0 Å². The van der Waals surface area contributed by atoms with Crippen LogP contribution in [0.1, 0.15) is 18.9 Å². The molecule has 0 radical (unpaired) electrons. The van der Waals surface area contributed by atoms with Crippen molar-refractivity contribution >= 4 is 21.6 Å². The highest BCUT2D eigenvalue weighted by molar-refractivity contribution is 7.90. The molecular formula is C13H18N2O3S. The van der Waals surface area contributed by atoms with Crippen LogP contribution in [0.15, 0.2) is 24.3 Å². The van der Waals surface area contributed by atoms with Gasteiger partial charge in [-0.1, -0.05) is 25.1 Å². The number of anilines is 1. The molecule has 19 heavy (non-hydrogen) atoms. The van der Waals surface area contributed by atoms with Gasteiger partial charge in [-0.2, -0.15) is 0 Å². The molecule has 5 nitrogen and oxygen atoms in total. The van der Waals surface area contributed by atoms with Crippen molar-refractivity contribution in [2.45, 2.75) is 19.8 Å². The number of para-hydroxylation sites is 1. The number of rotatable bonds is 4. The third-order valence-corrected chi connectivity index (χ3v) is 4.58. The molecule has 1 amide bonds. The normalized spacial score (nSPS) is 18.3. The van der Waals surface area contributed by atoms with Gasteiger partial charge in [0.25, 0.3) is 0 Å². The summed E-state index contributed by atoms with van der Waals surface area (Å²) in [5.41, 5.74) is 2.06.